The fraction of sp³-hybridized carbons (Fsp3) is 0.176. The van der Waals surface area contributed by atoms with Crippen LogP contribution in [0, 0.1) is 10.1 Å². The Bertz CT molecular complexity index is 907. The van der Waals surface area contributed by atoms with E-state index in [0.29, 0.717) is 17.3 Å². The number of carbonyl (C=O) groups is 1. The van der Waals surface area contributed by atoms with Crippen molar-refractivity contribution in [2.45, 2.75) is 12.5 Å². The first-order valence-electron chi connectivity index (χ1n) is 7.69. The fourth-order valence-corrected chi connectivity index (χ4v) is 2.65. The Labute approximate surface area is 142 Å². The van der Waals surface area contributed by atoms with Crippen LogP contribution in [0.4, 0.5) is 5.69 Å². The lowest BCUT2D eigenvalue weighted by Crippen LogP contribution is -2.29. The molecule has 0 aliphatic carbocycles. The van der Waals surface area contributed by atoms with Gasteiger partial charge < -0.3 is 10.4 Å². The highest BCUT2D eigenvalue weighted by Crippen LogP contribution is 2.23. The standard InChI is InChI=1S/C17H16N4O4/c22-9-8-14(11-4-2-1-3-5-11)18-17(23)16-13-10-12(21(24)25)6-7-15(13)19-20-16/h1-7,10,14,22H,8-9H2,(H,18,23)(H,19,20). The normalized spacial score (nSPS) is 12.0. The van der Waals surface area contributed by atoms with Gasteiger partial charge in [-0.1, -0.05) is 30.3 Å². The highest BCUT2D eigenvalue weighted by atomic mass is 16.6. The summed E-state index contributed by atoms with van der Waals surface area (Å²) in [6.07, 6.45) is 0.345. The minimum atomic E-state index is -0.521. The number of aliphatic hydroxyl groups excluding tert-OH is 1. The second kappa shape index (κ2) is 7.10. The van der Waals surface area contributed by atoms with Crippen molar-refractivity contribution in [1.29, 1.82) is 0 Å². The lowest BCUT2D eigenvalue weighted by molar-refractivity contribution is -0.384. The molecule has 8 heteroatoms. The maximum absolute atomic E-state index is 12.6. The van der Waals surface area contributed by atoms with E-state index in [4.69, 9.17) is 0 Å². The van der Waals surface area contributed by atoms with Crippen molar-refractivity contribution in [3.8, 4) is 0 Å². The van der Waals surface area contributed by atoms with Crippen molar-refractivity contribution >= 4 is 22.5 Å². The molecule has 0 fully saturated rings. The number of nitrogens with zero attached hydrogens (tertiary/aromatic N) is 2. The van der Waals surface area contributed by atoms with E-state index in [2.05, 4.69) is 15.5 Å². The van der Waals surface area contributed by atoms with Gasteiger partial charge in [0.25, 0.3) is 11.6 Å². The Morgan fingerprint density at radius 1 is 1.28 bits per heavy atom. The molecule has 0 bridgehead atoms. The molecule has 3 aromatic rings. The van der Waals surface area contributed by atoms with Crippen LogP contribution >= 0.6 is 0 Å². The average molecular weight is 340 g/mol. The second-order valence-electron chi connectivity index (χ2n) is 5.51. The minimum absolute atomic E-state index is 0.0811. The van der Waals surface area contributed by atoms with Gasteiger partial charge in [-0.15, -0.1) is 0 Å². The number of hydrogen-bond donors (Lipinski definition) is 3. The van der Waals surface area contributed by atoms with Crippen molar-refractivity contribution in [2.75, 3.05) is 6.61 Å². The number of rotatable bonds is 6. The zero-order valence-corrected chi connectivity index (χ0v) is 13.2. The molecule has 128 valence electrons. The van der Waals surface area contributed by atoms with Crippen LogP contribution in [0.2, 0.25) is 0 Å². The molecule has 0 aliphatic rings. The summed E-state index contributed by atoms with van der Waals surface area (Å²) in [4.78, 5) is 23.0. The average Bonchev–Trinajstić information content (AvgIpc) is 3.05. The van der Waals surface area contributed by atoms with Gasteiger partial charge in [0.1, 0.15) is 0 Å². The van der Waals surface area contributed by atoms with Gasteiger partial charge >= 0.3 is 0 Å². The Hall–Kier alpha value is -3.26. The number of benzene rings is 2. The molecule has 3 rings (SSSR count). The molecular formula is C17H16N4O4. The van der Waals surface area contributed by atoms with E-state index >= 15 is 0 Å². The predicted molar refractivity (Wildman–Crippen MR) is 91.1 cm³/mol. The zero-order chi connectivity index (χ0) is 17.8. The lowest BCUT2D eigenvalue weighted by Gasteiger charge is -2.17. The lowest BCUT2D eigenvalue weighted by atomic mass is 10.0. The van der Waals surface area contributed by atoms with Crippen LogP contribution in [0.25, 0.3) is 10.9 Å². The fourth-order valence-electron chi connectivity index (χ4n) is 2.65. The molecule has 0 saturated heterocycles. The molecule has 2 aromatic carbocycles. The van der Waals surface area contributed by atoms with Gasteiger partial charge in [0.15, 0.2) is 5.69 Å². The molecule has 0 radical (unpaired) electrons. The van der Waals surface area contributed by atoms with E-state index < -0.39 is 10.8 Å². The summed E-state index contributed by atoms with van der Waals surface area (Å²) in [5, 5.41) is 30.1. The van der Waals surface area contributed by atoms with E-state index in [1.165, 1.54) is 18.2 Å². The van der Waals surface area contributed by atoms with Gasteiger partial charge in [0.2, 0.25) is 0 Å². The summed E-state index contributed by atoms with van der Waals surface area (Å²) in [6.45, 7) is -0.0906. The summed E-state index contributed by atoms with van der Waals surface area (Å²) in [5.74, 6) is -0.464. The first-order chi connectivity index (χ1) is 12.1. The number of non-ortho nitro benzene ring substituents is 1. The summed E-state index contributed by atoms with van der Waals surface area (Å²) in [6, 6.07) is 13.1. The molecule has 0 aliphatic heterocycles. The van der Waals surface area contributed by atoms with E-state index in [0.717, 1.165) is 5.56 Å². The van der Waals surface area contributed by atoms with Gasteiger partial charge in [-0.3, -0.25) is 20.0 Å². The maximum Gasteiger partial charge on any atom is 0.272 e. The number of aliphatic hydroxyl groups is 1. The van der Waals surface area contributed by atoms with E-state index in [1.807, 2.05) is 30.3 Å². The van der Waals surface area contributed by atoms with Gasteiger partial charge in [-0.2, -0.15) is 5.10 Å². The third-order valence-corrected chi connectivity index (χ3v) is 3.90. The summed E-state index contributed by atoms with van der Waals surface area (Å²) in [7, 11) is 0. The summed E-state index contributed by atoms with van der Waals surface area (Å²) in [5.41, 5.74) is 1.36. The SMILES string of the molecule is O=C(NC(CCO)c1ccccc1)c1n[nH]c2ccc([N+](=O)[O-])cc12. The molecule has 0 saturated carbocycles. The van der Waals surface area contributed by atoms with Gasteiger partial charge in [-0.05, 0) is 18.1 Å². The van der Waals surface area contributed by atoms with E-state index in [-0.39, 0.29) is 24.0 Å². The molecule has 1 amide bonds. The number of amides is 1. The van der Waals surface area contributed by atoms with Crippen LogP contribution in [0.15, 0.2) is 48.5 Å². The summed E-state index contributed by atoms with van der Waals surface area (Å²) < 4.78 is 0. The minimum Gasteiger partial charge on any atom is -0.396 e. The number of nitrogens with one attached hydrogen (secondary N) is 2. The highest BCUT2D eigenvalue weighted by molar-refractivity contribution is 6.05. The number of hydrogen-bond acceptors (Lipinski definition) is 5. The second-order valence-corrected chi connectivity index (χ2v) is 5.51. The van der Waals surface area contributed by atoms with Crippen LogP contribution in [0.1, 0.15) is 28.5 Å². The quantitative estimate of drug-likeness (QED) is 0.470. The van der Waals surface area contributed by atoms with Crippen molar-refractivity contribution in [3.05, 3.63) is 69.9 Å². The number of H-pyrrole nitrogens is 1. The van der Waals surface area contributed by atoms with Gasteiger partial charge in [0.05, 0.1) is 16.5 Å². The zero-order valence-electron chi connectivity index (χ0n) is 13.2. The van der Waals surface area contributed by atoms with Crippen molar-refractivity contribution in [2.24, 2.45) is 0 Å². The number of nitro groups is 1. The van der Waals surface area contributed by atoms with Gasteiger partial charge in [-0.25, -0.2) is 0 Å². The van der Waals surface area contributed by atoms with Crippen LogP contribution < -0.4 is 5.32 Å². The first-order valence-corrected chi connectivity index (χ1v) is 7.69. The highest BCUT2D eigenvalue weighted by Gasteiger charge is 2.20. The molecule has 0 spiro atoms. The molecule has 1 atom stereocenters. The topological polar surface area (TPSA) is 121 Å². The first kappa shape index (κ1) is 16.6. The molecule has 3 N–H and O–H groups in total. The molecule has 1 aromatic heterocycles. The van der Waals surface area contributed by atoms with Crippen molar-refractivity contribution in [1.82, 2.24) is 15.5 Å². The predicted octanol–water partition coefficient (Wildman–Crippen LogP) is 2.32. The van der Waals surface area contributed by atoms with Crippen molar-refractivity contribution < 1.29 is 14.8 Å². The third-order valence-electron chi connectivity index (χ3n) is 3.90. The number of nitro benzene ring substituents is 1. The smallest absolute Gasteiger partial charge is 0.272 e. The largest absolute Gasteiger partial charge is 0.396 e. The Balaban J connectivity index is 1.90. The van der Waals surface area contributed by atoms with Crippen molar-refractivity contribution in [3.63, 3.8) is 0 Å². The van der Waals surface area contributed by atoms with E-state index in [9.17, 15) is 20.0 Å². The monoisotopic (exact) mass is 340 g/mol. The van der Waals surface area contributed by atoms with Crippen LogP contribution in [-0.2, 0) is 0 Å². The number of aromatic nitrogens is 2. The Morgan fingerprint density at radius 3 is 2.72 bits per heavy atom. The number of fused-ring (bicyclic) bond motifs is 1. The van der Waals surface area contributed by atoms with E-state index in [1.54, 1.807) is 0 Å². The molecule has 25 heavy (non-hydrogen) atoms. The Kier molecular flexibility index (Phi) is 4.71. The van der Waals surface area contributed by atoms with Crippen LogP contribution in [0.5, 0.6) is 0 Å². The Morgan fingerprint density at radius 2 is 2.04 bits per heavy atom. The molecule has 1 heterocycles. The third kappa shape index (κ3) is 3.48. The number of aromatic amines is 1. The van der Waals surface area contributed by atoms with Crippen LogP contribution in [0.3, 0.4) is 0 Å². The molecule has 1 unspecified atom stereocenters. The number of carbonyl (C=O) groups excluding carboxylic acids is 1. The van der Waals surface area contributed by atoms with Gasteiger partial charge in [0, 0.05) is 24.1 Å². The maximum atomic E-state index is 12.6. The molecule has 8 nitrogen and oxygen atoms in total. The summed E-state index contributed by atoms with van der Waals surface area (Å²) >= 11 is 0. The van der Waals surface area contributed by atoms with Crippen LogP contribution in [-0.4, -0.2) is 32.7 Å². The molecular weight excluding hydrogens is 324 g/mol.